The molecule has 0 saturated carbocycles. The highest BCUT2D eigenvalue weighted by Crippen LogP contribution is 2.53. The van der Waals surface area contributed by atoms with Crippen molar-refractivity contribution in [3.05, 3.63) is 272 Å². The Morgan fingerprint density at radius 2 is 0.692 bits per heavy atom. The molecule has 0 atom stereocenters. The first kappa shape index (κ1) is 46.2. The molecule has 9 heteroatoms. The molecule has 0 N–H and O–H groups in total. The van der Waals surface area contributed by atoms with Crippen molar-refractivity contribution >= 4 is 56.5 Å². The van der Waals surface area contributed by atoms with Crippen LogP contribution in [0.3, 0.4) is 0 Å². The Morgan fingerprint density at radius 1 is 0.308 bits per heavy atom. The Kier molecular flexibility index (Phi) is 11.3. The predicted molar refractivity (Wildman–Crippen MR) is 316 cm³/mol. The summed E-state index contributed by atoms with van der Waals surface area (Å²) in [7, 11) is 0. The van der Waals surface area contributed by atoms with Crippen LogP contribution in [0.5, 0.6) is 0 Å². The fourth-order valence-electron chi connectivity index (χ4n) is 11.1. The lowest BCUT2D eigenvalue weighted by Crippen LogP contribution is -2.20. The summed E-state index contributed by atoms with van der Waals surface area (Å²) in [4.78, 5) is 35.7. The Balaban J connectivity index is 0.992. The Hall–Kier alpha value is -10.4. The number of aromatic nitrogens is 7. The molecule has 1 aliphatic carbocycles. The van der Waals surface area contributed by atoms with Gasteiger partial charge in [0, 0.05) is 61.2 Å². The quantitative estimate of drug-likeness (QED) is 0.127. The fourth-order valence-corrected chi connectivity index (χ4v) is 11.1. The van der Waals surface area contributed by atoms with E-state index in [1.165, 1.54) is 16.5 Å². The molecule has 78 heavy (non-hydrogen) atoms. The molecule has 0 fully saturated rings. The third-order valence-electron chi connectivity index (χ3n) is 14.9. The van der Waals surface area contributed by atoms with Crippen LogP contribution in [-0.2, 0) is 5.41 Å². The smallest absolute Gasteiger partial charge is 0.241 e. The van der Waals surface area contributed by atoms with Crippen LogP contribution in [0.2, 0.25) is 0 Å². The van der Waals surface area contributed by atoms with Crippen molar-refractivity contribution in [3.8, 4) is 62.4 Å². The Bertz CT molecular complexity index is 4040. The van der Waals surface area contributed by atoms with Gasteiger partial charge in [-0.25, -0.2) is 14.9 Å². The summed E-state index contributed by atoms with van der Waals surface area (Å²) in [5.41, 5.74) is 15.1. The molecule has 0 bridgehead atoms. The number of benzene rings is 10. The minimum Gasteiger partial charge on any atom is -0.310 e. The number of anilines is 6. The molecule has 0 unspecified atom stereocenters. The highest BCUT2D eigenvalue weighted by Gasteiger charge is 2.38. The zero-order chi connectivity index (χ0) is 52.2. The fraction of sp³-hybridized carbons (Fsp3) is 0.0435. The molecule has 3 aromatic heterocycles. The number of hydrogen-bond acceptors (Lipinski definition) is 8. The van der Waals surface area contributed by atoms with Gasteiger partial charge >= 0.3 is 0 Å². The van der Waals surface area contributed by atoms with Crippen LogP contribution in [0.4, 0.5) is 34.6 Å². The average Bonchev–Trinajstić information content (AvgIpc) is 3.99. The van der Waals surface area contributed by atoms with Gasteiger partial charge in [-0.2, -0.15) is 19.9 Å². The van der Waals surface area contributed by atoms with Gasteiger partial charge in [-0.1, -0.05) is 196 Å². The monoisotopic (exact) mass is 1000 g/mol. The van der Waals surface area contributed by atoms with E-state index in [0.717, 1.165) is 78.2 Å². The van der Waals surface area contributed by atoms with Gasteiger partial charge in [-0.3, -0.25) is 0 Å². The van der Waals surface area contributed by atoms with Gasteiger partial charge in [0.25, 0.3) is 0 Å². The second-order valence-electron chi connectivity index (χ2n) is 20.0. The second-order valence-corrected chi connectivity index (χ2v) is 20.0. The zero-order valence-electron chi connectivity index (χ0n) is 42.9. The molecule has 9 nitrogen and oxygen atoms in total. The third-order valence-corrected chi connectivity index (χ3v) is 14.9. The zero-order valence-corrected chi connectivity index (χ0v) is 42.9. The lowest BCUT2D eigenvalue weighted by Gasteiger charge is -2.26. The molecule has 10 aromatic carbocycles. The normalized spacial score (nSPS) is 12.3. The molecule has 0 spiro atoms. The molecular weight excluding hydrogens is 955 g/mol. The van der Waals surface area contributed by atoms with Crippen molar-refractivity contribution in [1.82, 2.24) is 34.5 Å². The summed E-state index contributed by atoms with van der Waals surface area (Å²) in [5, 5.41) is 2.33. The van der Waals surface area contributed by atoms with Gasteiger partial charge < -0.3 is 9.47 Å². The number of nitrogens with zero attached hydrogens (tertiary/aromatic N) is 9. The first-order chi connectivity index (χ1) is 38.4. The van der Waals surface area contributed by atoms with Crippen molar-refractivity contribution < 1.29 is 0 Å². The molecule has 0 radical (unpaired) electrons. The van der Waals surface area contributed by atoms with E-state index in [1.54, 1.807) is 0 Å². The maximum Gasteiger partial charge on any atom is 0.241 e. The molecule has 1 aliphatic rings. The molecule has 0 saturated heterocycles. The van der Waals surface area contributed by atoms with E-state index < -0.39 is 5.41 Å². The van der Waals surface area contributed by atoms with E-state index in [0.29, 0.717) is 35.2 Å². The van der Waals surface area contributed by atoms with Crippen LogP contribution in [0.25, 0.3) is 84.2 Å². The number of fused-ring (bicyclic) bond motifs is 6. The van der Waals surface area contributed by atoms with E-state index in [9.17, 15) is 0 Å². The first-order valence-electron chi connectivity index (χ1n) is 26.2. The van der Waals surface area contributed by atoms with Crippen molar-refractivity contribution in [3.63, 3.8) is 0 Å². The molecule has 0 aliphatic heterocycles. The lowest BCUT2D eigenvalue weighted by molar-refractivity contribution is 0.661. The minimum atomic E-state index is -0.450. The van der Waals surface area contributed by atoms with E-state index in [2.05, 4.69) is 163 Å². The van der Waals surface area contributed by atoms with Gasteiger partial charge in [0.2, 0.25) is 11.9 Å². The van der Waals surface area contributed by atoms with Crippen LogP contribution < -0.4 is 9.80 Å². The van der Waals surface area contributed by atoms with Crippen LogP contribution in [-0.4, -0.2) is 34.5 Å². The van der Waals surface area contributed by atoms with Crippen LogP contribution in [0, 0.1) is 0 Å². The molecular formula is C69H49N9. The lowest BCUT2D eigenvalue weighted by atomic mass is 9.82. The summed E-state index contributed by atoms with van der Waals surface area (Å²) in [5.74, 6) is 2.83. The molecule has 14 rings (SSSR count). The van der Waals surface area contributed by atoms with E-state index in [-0.39, 0.29) is 0 Å². The van der Waals surface area contributed by atoms with Gasteiger partial charge in [-0.15, -0.1) is 0 Å². The number of para-hydroxylation sites is 3. The van der Waals surface area contributed by atoms with Crippen LogP contribution in [0.1, 0.15) is 25.0 Å². The van der Waals surface area contributed by atoms with Crippen LogP contribution in [0.15, 0.2) is 261 Å². The predicted octanol–water partition coefficient (Wildman–Crippen LogP) is 17.1. The van der Waals surface area contributed by atoms with Gasteiger partial charge in [0.1, 0.15) is 0 Å². The summed E-state index contributed by atoms with van der Waals surface area (Å²) in [6.45, 7) is 4.66. The average molecular weight is 1000 g/mol. The molecule has 0 amide bonds. The van der Waals surface area contributed by atoms with Crippen molar-refractivity contribution in [1.29, 1.82) is 0 Å². The summed E-state index contributed by atoms with van der Waals surface area (Å²) in [6, 6.07) is 90.5. The summed E-state index contributed by atoms with van der Waals surface area (Å²) >= 11 is 0. The van der Waals surface area contributed by atoms with Gasteiger partial charge in [0.05, 0.1) is 16.7 Å². The van der Waals surface area contributed by atoms with E-state index >= 15 is 0 Å². The maximum absolute atomic E-state index is 5.31. The highest BCUT2D eigenvalue weighted by atomic mass is 15.4. The van der Waals surface area contributed by atoms with Gasteiger partial charge in [-0.05, 0) is 101 Å². The number of rotatable bonds is 11. The molecule has 13 aromatic rings. The largest absolute Gasteiger partial charge is 0.310 e. The third kappa shape index (κ3) is 8.13. The second kappa shape index (κ2) is 19.1. The summed E-state index contributed by atoms with van der Waals surface area (Å²) in [6.07, 6.45) is 0. The first-order valence-corrected chi connectivity index (χ1v) is 26.2. The Morgan fingerprint density at radius 3 is 1.15 bits per heavy atom. The summed E-state index contributed by atoms with van der Waals surface area (Å²) < 4.78 is 2.42. The minimum absolute atomic E-state index is 0.366. The topological polar surface area (TPSA) is 88.8 Å². The van der Waals surface area contributed by atoms with Crippen molar-refractivity contribution in [2.45, 2.75) is 19.3 Å². The Labute approximate surface area is 452 Å². The number of hydrogen-bond donors (Lipinski definition) is 0. The standard InChI is InChI=1S/C69H49N9/c1-69(2)59-43-54(38-40-55(59)56-44-58-57-42-53(76(50-32-18-7-19-33-50)51-34-20-8-21-35-51)39-41-61(57)77(62(58)45-60(56)69)52-36-22-9-23-37-52)78(67-72-63(46-24-10-3-11-25-46)70-64(73-67)47-26-12-4-13-27-47)68-74-65(48-28-14-5-15-29-48)71-66(75-68)49-30-16-6-17-31-49/h3-45H,1-2H3. The SMILES string of the molecule is CC1(C)c2cc(N(c3nc(-c4ccccc4)nc(-c4ccccc4)n3)c3nc(-c4ccccc4)nc(-c4ccccc4)n3)ccc2-c2cc3c4cc(N(c5ccccc5)c5ccccc5)ccc4n(-c4ccccc4)c3cc21. The maximum atomic E-state index is 5.31. The van der Waals surface area contributed by atoms with E-state index in [4.69, 9.17) is 29.9 Å². The molecule has 3 heterocycles. The molecule has 370 valence electrons. The van der Waals surface area contributed by atoms with Crippen molar-refractivity contribution in [2.24, 2.45) is 0 Å². The van der Waals surface area contributed by atoms with E-state index in [1.807, 2.05) is 126 Å². The van der Waals surface area contributed by atoms with Crippen molar-refractivity contribution in [2.75, 3.05) is 9.80 Å². The highest BCUT2D eigenvalue weighted by molar-refractivity contribution is 6.13. The van der Waals surface area contributed by atoms with Crippen LogP contribution >= 0.6 is 0 Å². The van der Waals surface area contributed by atoms with Gasteiger partial charge in [0.15, 0.2) is 23.3 Å².